The number of hydrogen-bond acceptors (Lipinski definition) is 5. The van der Waals surface area contributed by atoms with Crippen LogP contribution in [0, 0.1) is 13.8 Å². The van der Waals surface area contributed by atoms with Gasteiger partial charge in [-0.25, -0.2) is 0 Å². The highest BCUT2D eigenvalue weighted by Crippen LogP contribution is 2.23. The highest BCUT2D eigenvalue weighted by atomic mass is 32.2. The summed E-state index contributed by atoms with van der Waals surface area (Å²) in [7, 11) is 1.60. The first-order valence-corrected chi connectivity index (χ1v) is 9.67. The lowest BCUT2D eigenvalue weighted by Crippen LogP contribution is -2.35. The van der Waals surface area contributed by atoms with Crippen LogP contribution in [0.5, 0.6) is 5.75 Å². The number of methoxy groups -OCH3 is 1. The van der Waals surface area contributed by atoms with E-state index in [0.717, 1.165) is 27.3 Å². The minimum absolute atomic E-state index is 0.167. The number of benzene rings is 2. The van der Waals surface area contributed by atoms with E-state index in [2.05, 4.69) is 5.32 Å². The first kappa shape index (κ1) is 20.8. The van der Waals surface area contributed by atoms with E-state index in [1.807, 2.05) is 56.3 Å². The summed E-state index contributed by atoms with van der Waals surface area (Å²) in [4.78, 5) is 25.2. The lowest BCUT2D eigenvalue weighted by molar-refractivity contribution is -0.152. The molecule has 0 aliphatic carbocycles. The van der Waals surface area contributed by atoms with Gasteiger partial charge in [-0.2, -0.15) is 0 Å². The van der Waals surface area contributed by atoms with E-state index in [4.69, 9.17) is 9.47 Å². The van der Waals surface area contributed by atoms with Crippen LogP contribution in [0.4, 0.5) is 0 Å². The Labute approximate surface area is 164 Å². The fourth-order valence-electron chi connectivity index (χ4n) is 2.36. The summed E-state index contributed by atoms with van der Waals surface area (Å²) in [5.41, 5.74) is 3.19. The second-order valence-electron chi connectivity index (χ2n) is 6.26. The number of rotatable bonds is 8. The van der Waals surface area contributed by atoms with Crippen LogP contribution in [0.15, 0.2) is 47.4 Å². The summed E-state index contributed by atoms with van der Waals surface area (Å²) in [6.45, 7) is 5.95. The number of esters is 1. The molecule has 0 heterocycles. The first-order chi connectivity index (χ1) is 12.9. The van der Waals surface area contributed by atoms with E-state index in [-0.39, 0.29) is 11.7 Å². The fourth-order valence-corrected chi connectivity index (χ4v) is 3.27. The highest BCUT2D eigenvalue weighted by Gasteiger charge is 2.18. The summed E-state index contributed by atoms with van der Waals surface area (Å²) >= 11 is 1.42. The Bertz CT molecular complexity index is 789. The summed E-state index contributed by atoms with van der Waals surface area (Å²) in [6.07, 6.45) is -0.838. The minimum atomic E-state index is -0.838. The van der Waals surface area contributed by atoms with Gasteiger partial charge in [0.25, 0.3) is 5.91 Å². The topological polar surface area (TPSA) is 64.6 Å². The summed E-state index contributed by atoms with van der Waals surface area (Å²) < 4.78 is 10.3. The fraction of sp³-hybridized carbons (Fsp3) is 0.333. The molecule has 0 bridgehead atoms. The van der Waals surface area contributed by atoms with Crippen molar-refractivity contribution in [1.82, 2.24) is 5.32 Å². The molecule has 6 heteroatoms. The number of hydrogen-bond donors (Lipinski definition) is 1. The molecule has 0 fully saturated rings. The van der Waals surface area contributed by atoms with E-state index in [0.29, 0.717) is 6.54 Å². The van der Waals surface area contributed by atoms with Gasteiger partial charge < -0.3 is 14.8 Å². The van der Waals surface area contributed by atoms with E-state index >= 15 is 0 Å². The Morgan fingerprint density at radius 2 is 1.81 bits per heavy atom. The van der Waals surface area contributed by atoms with Crippen LogP contribution >= 0.6 is 11.8 Å². The molecule has 1 unspecified atom stereocenters. The zero-order chi connectivity index (χ0) is 19.8. The van der Waals surface area contributed by atoms with Gasteiger partial charge in [0.15, 0.2) is 6.10 Å². The molecule has 2 rings (SSSR count). The molecule has 0 saturated heterocycles. The second kappa shape index (κ2) is 10.0. The SMILES string of the molecule is COc1ccc(CNC(=O)C(C)OC(=O)CSc2cc(C)ccc2C)cc1. The van der Waals surface area contributed by atoms with Crippen LogP contribution < -0.4 is 10.1 Å². The second-order valence-corrected chi connectivity index (χ2v) is 7.27. The van der Waals surface area contributed by atoms with Gasteiger partial charge in [-0.05, 0) is 50.1 Å². The standard InChI is InChI=1S/C21H25NO4S/c1-14-5-6-15(2)19(11-14)27-13-20(23)26-16(3)21(24)22-12-17-7-9-18(25-4)10-8-17/h5-11,16H,12-13H2,1-4H3,(H,22,24). The summed E-state index contributed by atoms with van der Waals surface area (Å²) in [6, 6.07) is 13.5. The van der Waals surface area contributed by atoms with Crippen molar-refractivity contribution in [2.45, 2.75) is 38.3 Å². The van der Waals surface area contributed by atoms with E-state index in [1.54, 1.807) is 14.0 Å². The van der Waals surface area contributed by atoms with E-state index in [9.17, 15) is 9.59 Å². The number of ether oxygens (including phenoxy) is 2. The number of nitrogens with one attached hydrogen (secondary N) is 1. The van der Waals surface area contributed by atoms with E-state index < -0.39 is 12.1 Å². The van der Waals surface area contributed by atoms with Crippen molar-refractivity contribution in [1.29, 1.82) is 0 Å². The predicted octanol–water partition coefficient (Wildman–Crippen LogP) is 3.65. The lowest BCUT2D eigenvalue weighted by Gasteiger charge is -2.14. The molecule has 1 N–H and O–H groups in total. The maximum Gasteiger partial charge on any atom is 0.317 e. The Morgan fingerprint density at radius 3 is 2.48 bits per heavy atom. The van der Waals surface area contributed by atoms with Gasteiger partial charge in [-0.1, -0.05) is 29.8 Å². The molecule has 27 heavy (non-hydrogen) atoms. The maximum absolute atomic E-state index is 12.1. The Hall–Kier alpha value is -2.47. The van der Waals surface area contributed by atoms with Crippen molar-refractivity contribution in [2.75, 3.05) is 12.9 Å². The van der Waals surface area contributed by atoms with Gasteiger partial charge in [0.1, 0.15) is 5.75 Å². The van der Waals surface area contributed by atoms with Crippen LogP contribution in [0.25, 0.3) is 0 Å². The number of amides is 1. The molecule has 1 atom stereocenters. The largest absolute Gasteiger partial charge is 0.497 e. The van der Waals surface area contributed by atoms with E-state index in [1.165, 1.54) is 11.8 Å². The van der Waals surface area contributed by atoms with Gasteiger partial charge in [0.05, 0.1) is 12.9 Å². The van der Waals surface area contributed by atoms with Crippen molar-refractivity contribution in [3.8, 4) is 5.75 Å². The zero-order valence-corrected chi connectivity index (χ0v) is 16.9. The number of carbonyl (C=O) groups excluding carboxylic acids is 2. The number of aryl methyl sites for hydroxylation is 2. The van der Waals surface area contributed by atoms with Crippen LogP contribution in [0.3, 0.4) is 0 Å². The van der Waals surface area contributed by atoms with Gasteiger partial charge in [-0.3, -0.25) is 9.59 Å². The third kappa shape index (κ3) is 6.64. The molecular formula is C21H25NO4S. The zero-order valence-electron chi connectivity index (χ0n) is 16.1. The molecular weight excluding hydrogens is 362 g/mol. The molecule has 0 radical (unpaired) electrons. The van der Waals surface area contributed by atoms with Gasteiger partial charge >= 0.3 is 5.97 Å². The Kier molecular flexibility index (Phi) is 7.73. The van der Waals surface area contributed by atoms with Crippen molar-refractivity contribution in [3.05, 3.63) is 59.2 Å². The molecule has 144 valence electrons. The molecule has 2 aromatic rings. The molecule has 5 nitrogen and oxygen atoms in total. The van der Waals surface area contributed by atoms with Crippen molar-refractivity contribution in [2.24, 2.45) is 0 Å². The van der Waals surface area contributed by atoms with Crippen molar-refractivity contribution < 1.29 is 19.1 Å². The monoisotopic (exact) mass is 387 g/mol. The molecule has 1 amide bonds. The molecule has 0 aliphatic rings. The molecule has 2 aromatic carbocycles. The van der Waals surface area contributed by atoms with Crippen LogP contribution in [-0.2, 0) is 20.9 Å². The summed E-state index contributed by atoms with van der Waals surface area (Å²) in [5, 5.41) is 2.77. The maximum atomic E-state index is 12.1. The average molecular weight is 388 g/mol. The third-order valence-electron chi connectivity index (χ3n) is 3.99. The highest BCUT2D eigenvalue weighted by molar-refractivity contribution is 8.00. The van der Waals surface area contributed by atoms with Gasteiger partial charge in [0.2, 0.25) is 0 Å². The van der Waals surface area contributed by atoms with Crippen molar-refractivity contribution >= 4 is 23.6 Å². The number of carbonyl (C=O) groups is 2. The third-order valence-corrected chi connectivity index (χ3v) is 5.12. The Balaban J connectivity index is 1.77. The predicted molar refractivity (Wildman–Crippen MR) is 107 cm³/mol. The normalized spacial score (nSPS) is 11.6. The molecule has 0 spiro atoms. The smallest absolute Gasteiger partial charge is 0.317 e. The molecule has 0 aliphatic heterocycles. The molecule has 0 aromatic heterocycles. The van der Waals surface area contributed by atoms with Crippen LogP contribution in [0.2, 0.25) is 0 Å². The van der Waals surface area contributed by atoms with Crippen LogP contribution in [0.1, 0.15) is 23.6 Å². The van der Waals surface area contributed by atoms with Gasteiger partial charge in [-0.15, -0.1) is 11.8 Å². The number of thioether (sulfide) groups is 1. The van der Waals surface area contributed by atoms with Crippen molar-refractivity contribution in [3.63, 3.8) is 0 Å². The first-order valence-electron chi connectivity index (χ1n) is 8.69. The lowest BCUT2D eigenvalue weighted by atomic mass is 10.2. The summed E-state index contributed by atoms with van der Waals surface area (Å²) in [5.74, 6) is 0.193. The quantitative estimate of drug-likeness (QED) is 0.553. The minimum Gasteiger partial charge on any atom is -0.497 e. The average Bonchev–Trinajstić information content (AvgIpc) is 2.67. The van der Waals surface area contributed by atoms with Gasteiger partial charge in [0, 0.05) is 11.4 Å². The Morgan fingerprint density at radius 1 is 1.11 bits per heavy atom. The molecule has 0 saturated carbocycles. The van der Waals surface area contributed by atoms with Crippen LogP contribution in [-0.4, -0.2) is 30.8 Å².